The minimum atomic E-state index is -0.0480. The van der Waals surface area contributed by atoms with Crippen molar-refractivity contribution >= 4 is 26.8 Å². The standard InChI is InChI=1S/C16H12BrNO2/c1-10-2-4-11(5-3-10)20-12-6-7-15-13(8-12)16(19)14(17)9-18-15/h2-9H,1H3,(H,18,19). The highest BCUT2D eigenvalue weighted by atomic mass is 79.9. The summed E-state index contributed by atoms with van der Waals surface area (Å²) >= 11 is 3.23. The van der Waals surface area contributed by atoms with Crippen molar-refractivity contribution in [3.05, 3.63) is 68.9 Å². The fraction of sp³-hybridized carbons (Fsp3) is 0.0625. The Labute approximate surface area is 124 Å². The summed E-state index contributed by atoms with van der Waals surface area (Å²) in [5.41, 5.74) is 1.92. The molecule has 0 aliphatic heterocycles. The van der Waals surface area contributed by atoms with Crippen LogP contribution in [0.15, 0.2) is 57.9 Å². The minimum absolute atomic E-state index is 0.0480. The van der Waals surface area contributed by atoms with Crippen LogP contribution >= 0.6 is 15.9 Å². The number of aromatic amines is 1. The summed E-state index contributed by atoms with van der Waals surface area (Å²) in [6.07, 6.45) is 1.64. The van der Waals surface area contributed by atoms with Gasteiger partial charge in [0.2, 0.25) is 5.43 Å². The van der Waals surface area contributed by atoms with Gasteiger partial charge < -0.3 is 9.72 Å². The Morgan fingerprint density at radius 3 is 2.50 bits per heavy atom. The molecule has 4 heteroatoms. The minimum Gasteiger partial charge on any atom is -0.457 e. The molecule has 1 N–H and O–H groups in total. The van der Waals surface area contributed by atoms with Crippen LogP contribution in [0.2, 0.25) is 0 Å². The van der Waals surface area contributed by atoms with E-state index in [4.69, 9.17) is 4.74 Å². The zero-order valence-electron chi connectivity index (χ0n) is 10.8. The molecule has 100 valence electrons. The molecule has 1 heterocycles. The monoisotopic (exact) mass is 329 g/mol. The molecular formula is C16H12BrNO2. The third-order valence-electron chi connectivity index (χ3n) is 3.06. The Bertz CT molecular complexity index is 822. The van der Waals surface area contributed by atoms with E-state index in [1.165, 1.54) is 5.56 Å². The van der Waals surface area contributed by atoms with Crippen LogP contribution in [0.25, 0.3) is 10.9 Å². The summed E-state index contributed by atoms with van der Waals surface area (Å²) < 4.78 is 6.28. The summed E-state index contributed by atoms with van der Waals surface area (Å²) in [5, 5.41) is 0.601. The predicted octanol–water partition coefficient (Wildman–Crippen LogP) is 4.39. The topological polar surface area (TPSA) is 42.1 Å². The molecule has 3 rings (SSSR count). The summed E-state index contributed by atoms with van der Waals surface area (Å²) in [5.74, 6) is 1.39. The second-order valence-corrected chi connectivity index (χ2v) is 5.44. The van der Waals surface area contributed by atoms with E-state index in [-0.39, 0.29) is 5.43 Å². The maximum atomic E-state index is 12.1. The number of benzene rings is 2. The summed E-state index contributed by atoms with van der Waals surface area (Å²) in [7, 11) is 0. The van der Waals surface area contributed by atoms with E-state index in [0.717, 1.165) is 11.3 Å². The summed E-state index contributed by atoms with van der Waals surface area (Å²) in [4.78, 5) is 15.1. The number of hydrogen-bond acceptors (Lipinski definition) is 2. The SMILES string of the molecule is Cc1ccc(Oc2ccc3[nH]cc(Br)c(=O)c3c2)cc1. The number of pyridine rings is 1. The van der Waals surface area contributed by atoms with Gasteiger partial charge in [-0.05, 0) is 53.2 Å². The van der Waals surface area contributed by atoms with Gasteiger partial charge in [-0.1, -0.05) is 17.7 Å². The van der Waals surface area contributed by atoms with Crippen molar-refractivity contribution < 1.29 is 4.74 Å². The van der Waals surface area contributed by atoms with Crippen LogP contribution in [0, 0.1) is 6.92 Å². The van der Waals surface area contributed by atoms with Gasteiger partial charge >= 0.3 is 0 Å². The summed E-state index contributed by atoms with van der Waals surface area (Å²) in [6.45, 7) is 2.02. The zero-order valence-corrected chi connectivity index (χ0v) is 12.4. The number of hydrogen-bond donors (Lipinski definition) is 1. The Kier molecular flexibility index (Phi) is 3.32. The molecule has 0 aliphatic rings. The highest BCUT2D eigenvalue weighted by molar-refractivity contribution is 9.10. The Balaban J connectivity index is 2.02. The van der Waals surface area contributed by atoms with Gasteiger partial charge in [-0.2, -0.15) is 0 Å². The van der Waals surface area contributed by atoms with Crippen molar-refractivity contribution in [1.82, 2.24) is 4.98 Å². The molecule has 0 unspecified atom stereocenters. The number of fused-ring (bicyclic) bond motifs is 1. The average Bonchev–Trinajstić information content (AvgIpc) is 2.46. The molecule has 0 aliphatic carbocycles. The number of ether oxygens (including phenoxy) is 1. The number of nitrogens with one attached hydrogen (secondary N) is 1. The Morgan fingerprint density at radius 1 is 1.05 bits per heavy atom. The molecule has 3 nitrogen and oxygen atoms in total. The lowest BCUT2D eigenvalue weighted by molar-refractivity contribution is 0.483. The molecule has 3 aromatic rings. The van der Waals surface area contributed by atoms with E-state index in [2.05, 4.69) is 20.9 Å². The summed E-state index contributed by atoms with van der Waals surface area (Å²) in [6, 6.07) is 13.2. The third kappa shape index (κ3) is 2.47. The van der Waals surface area contributed by atoms with Crippen molar-refractivity contribution in [3.8, 4) is 11.5 Å². The van der Waals surface area contributed by atoms with Crippen LogP contribution in [0.4, 0.5) is 0 Å². The van der Waals surface area contributed by atoms with Crippen LogP contribution in [-0.4, -0.2) is 4.98 Å². The second kappa shape index (κ2) is 5.13. The third-order valence-corrected chi connectivity index (χ3v) is 3.65. The van der Waals surface area contributed by atoms with Gasteiger partial charge in [0.05, 0.1) is 9.86 Å². The number of H-pyrrole nitrogens is 1. The second-order valence-electron chi connectivity index (χ2n) is 4.59. The van der Waals surface area contributed by atoms with Crippen LogP contribution in [0.5, 0.6) is 11.5 Å². The maximum absolute atomic E-state index is 12.1. The van der Waals surface area contributed by atoms with Gasteiger partial charge in [0.15, 0.2) is 0 Å². The molecule has 0 bridgehead atoms. The largest absolute Gasteiger partial charge is 0.457 e. The van der Waals surface area contributed by atoms with Crippen LogP contribution in [-0.2, 0) is 0 Å². The van der Waals surface area contributed by atoms with E-state index >= 15 is 0 Å². The van der Waals surface area contributed by atoms with Crippen molar-refractivity contribution in [3.63, 3.8) is 0 Å². The lowest BCUT2D eigenvalue weighted by Crippen LogP contribution is -2.03. The fourth-order valence-electron chi connectivity index (χ4n) is 1.98. The molecule has 0 amide bonds. The maximum Gasteiger partial charge on any atom is 0.203 e. The van der Waals surface area contributed by atoms with Crippen LogP contribution in [0.1, 0.15) is 5.56 Å². The lowest BCUT2D eigenvalue weighted by Gasteiger charge is -2.07. The predicted molar refractivity (Wildman–Crippen MR) is 83.5 cm³/mol. The van der Waals surface area contributed by atoms with Crippen molar-refractivity contribution in [2.24, 2.45) is 0 Å². The Hall–Kier alpha value is -2.07. The van der Waals surface area contributed by atoms with Gasteiger partial charge in [-0.15, -0.1) is 0 Å². The van der Waals surface area contributed by atoms with E-state index in [1.54, 1.807) is 12.3 Å². The van der Waals surface area contributed by atoms with E-state index in [0.29, 0.717) is 15.6 Å². The van der Waals surface area contributed by atoms with Gasteiger partial charge in [0.1, 0.15) is 11.5 Å². The molecule has 0 radical (unpaired) electrons. The number of aryl methyl sites for hydroxylation is 1. The van der Waals surface area contributed by atoms with Gasteiger partial charge in [0, 0.05) is 11.7 Å². The average molecular weight is 330 g/mol. The highest BCUT2D eigenvalue weighted by Crippen LogP contribution is 2.24. The quantitative estimate of drug-likeness (QED) is 0.757. The first-order chi connectivity index (χ1) is 9.63. The van der Waals surface area contributed by atoms with E-state index in [9.17, 15) is 4.79 Å². The van der Waals surface area contributed by atoms with Gasteiger partial charge in [0.25, 0.3) is 0 Å². The molecule has 0 saturated carbocycles. The Morgan fingerprint density at radius 2 is 1.75 bits per heavy atom. The first-order valence-electron chi connectivity index (χ1n) is 6.19. The molecule has 20 heavy (non-hydrogen) atoms. The number of aromatic nitrogens is 1. The molecule has 2 aromatic carbocycles. The zero-order chi connectivity index (χ0) is 14.1. The van der Waals surface area contributed by atoms with E-state index in [1.807, 2.05) is 43.3 Å². The van der Waals surface area contributed by atoms with Gasteiger partial charge in [-0.25, -0.2) is 0 Å². The van der Waals surface area contributed by atoms with Gasteiger partial charge in [-0.3, -0.25) is 4.79 Å². The molecule has 0 saturated heterocycles. The molecule has 0 spiro atoms. The first kappa shape index (κ1) is 12.9. The first-order valence-corrected chi connectivity index (χ1v) is 6.98. The van der Waals surface area contributed by atoms with Crippen LogP contribution < -0.4 is 10.2 Å². The molecule has 0 atom stereocenters. The van der Waals surface area contributed by atoms with Crippen molar-refractivity contribution in [2.45, 2.75) is 6.92 Å². The van der Waals surface area contributed by atoms with Crippen molar-refractivity contribution in [2.75, 3.05) is 0 Å². The highest BCUT2D eigenvalue weighted by Gasteiger charge is 2.05. The van der Waals surface area contributed by atoms with Crippen molar-refractivity contribution in [1.29, 1.82) is 0 Å². The molecule has 0 fully saturated rings. The molecular weight excluding hydrogens is 318 g/mol. The smallest absolute Gasteiger partial charge is 0.203 e. The normalized spacial score (nSPS) is 10.7. The fourth-order valence-corrected chi connectivity index (χ4v) is 2.31. The molecule has 1 aromatic heterocycles. The lowest BCUT2D eigenvalue weighted by atomic mass is 10.2. The number of halogens is 1. The number of rotatable bonds is 2. The van der Waals surface area contributed by atoms with Crippen LogP contribution in [0.3, 0.4) is 0 Å². The van der Waals surface area contributed by atoms with E-state index < -0.39 is 0 Å².